The molecule has 2 aromatic rings. The van der Waals surface area contributed by atoms with Gasteiger partial charge in [-0.25, -0.2) is 13.9 Å². The molecule has 1 atom stereocenters. The van der Waals surface area contributed by atoms with Crippen LogP contribution in [0.15, 0.2) is 47.6 Å². The van der Waals surface area contributed by atoms with E-state index in [1.54, 1.807) is 59.1 Å². The van der Waals surface area contributed by atoms with E-state index in [1.807, 2.05) is 22.6 Å². The number of nitrogens with one attached hydrogen (secondary N) is 1. The fraction of sp³-hybridized carbons (Fsp3) is 0.429. The quantitative estimate of drug-likeness (QED) is 0.378. The number of benzene rings is 1. The summed E-state index contributed by atoms with van der Waals surface area (Å²) < 4.78 is 28.8. The number of aromatic nitrogens is 1. The molecule has 0 fully saturated rings. The van der Waals surface area contributed by atoms with Crippen LogP contribution in [0.3, 0.4) is 0 Å². The van der Waals surface area contributed by atoms with Crippen molar-refractivity contribution in [1.82, 2.24) is 14.8 Å². The molecule has 1 aromatic carbocycles. The van der Waals surface area contributed by atoms with Crippen LogP contribution in [-0.4, -0.2) is 40.4 Å². The van der Waals surface area contributed by atoms with E-state index in [0.29, 0.717) is 9.13 Å². The monoisotopic (exact) mass is 561 g/mol. The van der Waals surface area contributed by atoms with E-state index in [-0.39, 0.29) is 23.1 Å². The van der Waals surface area contributed by atoms with E-state index in [1.165, 1.54) is 18.2 Å². The van der Waals surface area contributed by atoms with Crippen molar-refractivity contribution < 1.29 is 23.2 Å². The Bertz CT molecular complexity index is 1010. The van der Waals surface area contributed by atoms with E-state index >= 15 is 0 Å². The SMILES string of the molecule is CC(C)[C@H](C(=O)NOC(C)(C)C)N(Cc1cccnc1)S(=O)(=O)c1ccc(O)c(I)c1. The van der Waals surface area contributed by atoms with E-state index in [9.17, 15) is 18.3 Å². The van der Waals surface area contributed by atoms with Gasteiger partial charge in [-0.3, -0.25) is 14.6 Å². The number of sulfonamides is 1. The van der Waals surface area contributed by atoms with Gasteiger partial charge in [0.15, 0.2) is 0 Å². The number of phenolic OH excluding ortho intramolecular Hbond substituents is 1. The van der Waals surface area contributed by atoms with Crippen LogP contribution in [0.25, 0.3) is 0 Å². The standard InChI is InChI=1S/C21H28IN3O5S/c1-14(2)19(20(27)24-30-21(3,4)5)25(13-15-7-6-10-23-12-15)31(28,29)16-8-9-18(26)17(22)11-16/h6-12,14,19,26H,13H2,1-5H3,(H,24,27)/t19-/m1/s1. The molecule has 0 unspecified atom stereocenters. The van der Waals surface area contributed by atoms with E-state index in [4.69, 9.17) is 4.84 Å². The molecule has 170 valence electrons. The lowest BCUT2D eigenvalue weighted by atomic mass is 10.0. The Balaban J connectivity index is 2.53. The first-order valence-corrected chi connectivity index (χ1v) is 12.2. The molecule has 2 rings (SSSR count). The smallest absolute Gasteiger partial charge is 0.262 e. The van der Waals surface area contributed by atoms with Gasteiger partial charge in [-0.15, -0.1) is 0 Å². The summed E-state index contributed by atoms with van der Waals surface area (Å²) in [5.74, 6) is -0.938. The van der Waals surface area contributed by atoms with Crippen molar-refractivity contribution in [1.29, 1.82) is 0 Å². The Morgan fingerprint density at radius 1 is 1.29 bits per heavy atom. The third-order valence-electron chi connectivity index (χ3n) is 4.26. The molecule has 0 bridgehead atoms. The van der Waals surface area contributed by atoms with Gasteiger partial charge in [-0.2, -0.15) is 4.31 Å². The topological polar surface area (TPSA) is 109 Å². The highest BCUT2D eigenvalue weighted by Gasteiger charge is 2.38. The third-order valence-corrected chi connectivity index (χ3v) is 6.94. The minimum atomic E-state index is -4.11. The number of aromatic hydroxyl groups is 1. The van der Waals surface area contributed by atoms with Crippen LogP contribution in [0.2, 0.25) is 0 Å². The molecule has 1 amide bonds. The molecule has 0 spiro atoms. The predicted molar refractivity (Wildman–Crippen MR) is 125 cm³/mol. The minimum absolute atomic E-state index is 0.0184. The maximum absolute atomic E-state index is 13.7. The van der Waals surface area contributed by atoms with Crippen LogP contribution in [0.4, 0.5) is 0 Å². The average Bonchev–Trinajstić information content (AvgIpc) is 2.68. The molecule has 8 nitrogen and oxygen atoms in total. The zero-order valence-electron chi connectivity index (χ0n) is 18.2. The number of nitrogens with zero attached hydrogens (tertiary/aromatic N) is 2. The average molecular weight is 561 g/mol. The number of amides is 1. The predicted octanol–water partition coefficient (Wildman–Crippen LogP) is 3.45. The van der Waals surface area contributed by atoms with Gasteiger partial charge in [0.05, 0.1) is 14.1 Å². The maximum Gasteiger partial charge on any atom is 0.262 e. The fourth-order valence-electron chi connectivity index (χ4n) is 2.82. The third kappa shape index (κ3) is 6.86. The van der Waals surface area contributed by atoms with Crippen LogP contribution >= 0.6 is 22.6 Å². The maximum atomic E-state index is 13.7. The Hall–Kier alpha value is -1.76. The van der Waals surface area contributed by atoms with Gasteiger partial charge < -0.3 is 5.11 Å². The highest BCUT2D eigenvalue weighted by atomic mass is 127. The molecule has 31 heavy (non-hydrogen) atoms. The molecule has 0 saturated heterocycles. The van der Waals surface area contributed by atoms with Gasteiger partial charge in [0.1, 0.15) is 11.8 Å². The summed E-state index contributed by atoms with van der Waals surface area (Å²) in [5, 5.41) is 9.81. The minimum Gasteiger partial charge on any atom is -0.507 e. The molecule has 0 aliphatic heterocycles. The first kappa shape index (κ1) is 25.5. The summed E-state index contributed by atoms with van der Waals surface area (Å²) in [6.07, 6.45) is 3.15. The zero-order chi connectivity index (χ0) is 23.4. The van der Waals surface area contributed by atoms with Gasteiger partial charge in [-0.1, -0.05) is 19.9 Å². The zero-order valence-corrected chi connectivity index (χ0v) is 21.1. The molecule has 2 N–H and O–H groups in total. The number of phenols is 1. The Morgan fingerprint density at radius 2 is 1.97 bits per heavy atom. The summed E-state index contributed by atoms with van der Waals surface area (Å²) in [5.41, 5.74) is 2.40. The molecule has 0 radical (unpaired) electrons. The normalized spacial score (nSPS) is 13.4. The van der Waals surface area contributed by atoms with Crippen molar-refractivity contribution in [2.24, 2.45) is 5.92 Å². The molecule has 10 heteroatoms. The highest BCUT2D eigenvalue weighted by Crippen LogP contribution is 2.28. The Kier molecular flexibility index (Phi) is 8.42. The number of halogens is 1. The Morgan fingerprint density at radius 3 is 2.48 bits per heavy atom. The van der Waals surface area contributed by atoms with Crippen molar-refractivity contribution in [2.45, 2.75) is 57.7 Å². The second-order valence-electron chi connectivity index (χ2n) is 8.39. The van der Waals surface area contributed by atoms with Gasteiger partial charge in [0.2, 0.25) is 10.0 Å². The van der Waals surface area contributed by atoms with Crippen LogP contribution in [0.5, 0.6) is 5.75 Å². The lowest BCUT2D eigenvalue weighted by Gasteiger charge is -2.33. The van der Waals surface area contributed by atoms with E-state index in [2.05, 4.69) is 10.5 Å². The molecular formula is C21H28IN3O5S. The van der Waals surface area contributed by atoms with E-state index in [0.717, 1.165) is 4.31 Å². The number of hydroxylamine groups is 1. The van der Waals surface area contributed by atoms with Crippen LogP contribution in [0.1, 0.15) is 40.2 Å². The van der Waals surface area contributed by atoms with Crippen molar-refractivity contribution in [3.05, 3.63) is 51.9 Å². The lowest BCUT2D eigenvalue weighted by Crippen LogP contribution is -2.52. The summed E-state index contributed by atoms with van der Waals surface area (Å²) in [7, 11) is -4.11. The highest BCUT2D eigenvalue weighted by molar-refractivity contribution is 14.1. The van der Waals surface area contributed by atoms with Crippen LogP contribution < -0.4 is 5.48 Å². The number of pyridine rings is 1. The molecule has 0 aliphatic carbocycles. The second-order valence-corrected chi connectivity index (χ2v) is 11.4. The van der Waals surface area contributed by atoms with Gasteiger partial charge in [0.25, 0.3) is 5.91 Å². The summed E-state index contributed by atoms with van der Waals surface area (Å²) in [6, 6.07) is 6.43. The van der Waals surface area contributed by atoms with Crippen LogP contribution in [0, 0.1) is 9.49 Å². The van der Waals surface area contributed by atoms with Crippen molar-refractivity contribution >= 4 is 38.5 Å². The first-order chi connectivity index (χ1) is 14.3. The number of rotatable bonds is 8. The summed E-state index contributed by atoms with van der Waals surface area (Å²) in [6.45, 7) is 8.82. The number of hydrogen-bond donors (Lipinski definition) is 2. The van der Waals surface area contributed by atoms with Crippen molar-refractivity contribution in [3.8, 4) is 5.75 Å². The second kappa shape index (κ2) is 10.2. The van der Waals surface area contributed by atoms with Gasteiger partial charge >= 0.3 is 0 Å². The Labute approximate surface area is 197 Å². The van der Waals surface area contributed by atoms with Crippen molar-refractivity contribution in [3.63, 3.8) is 0 Å². The van der Waals surface area contributed by atoms with Crippen LogP contribution in [-0.2, 0) is 26.2 Å². The van der Waals surface area contributed by atoms with Gasteiger partial charge in [0, 0.05) is 18.9 Å². The molecule has 1 aromatic heterocycles. The molecule has 0 aliphatic rings. The fourth-order valence-corrected chi connectivity index (χ4v) is 5.28. The van der Waals surface area contributed by atoms with E-state index < -0.39 is 27.6 Å². The van der Waals surface area contributed by atoms with Crippen molar-refractivity contribution in [2.75, 3.05) is 0 Å². The lowest BCUT2D eigenvalue weighted by molar-refractivity contribution is -0.151. The number of hydrogen-bond acceptors (Lipinski definition) is 6. The number of carbonyl (C=O) groups is 1. The largest absolute Gasteiger partial charge is 0.507 e. The molecular weight excluding hydrogens is 533 g/mol. The molecule has 0 saturated carbocycles. The summed E-state index contributed by atoms with van der Waals surface area (Å²) in [4.78, 5) is 22.5. The molecule has 1 heterocycles. The summed E-state index contributed by atoms with van der Waals surface area (Å²) >= 11 is 1.86. The first-order valence-electron chi connectivity index (χ1n) is 9.70. The van der Waals surface area contributed by atoms with Gasteiger partial charge in [-0.05, 0) is 79.1 Å². The number of carbonyl (C=O) groups excluding carboxylic acids is 1.